The van der Waals surface area contributed by atoms with Crippen LogP contribution in [0.5, 0.6) is 5.75 Å². The SMILES string of the molecule is CCn1nc(C)cc1C(=O)Nc1nc2cc(C(N)=O)cc(OCCCN3CCOCC3)c2n1CCC[C@H]1CCN(C)c2cc(C(N)=O)cc3nc(NC(=O)c4cc(C)nn4CC)n1c23. The van der Waals surface area contributed by atoms with E-state index in [1.54, 1.807) is 45.8 Å². The molecule has 0 aliphatic carbocycles. The number of nitrogens with zero attached hydrogens (tertiary/aromatic N) is 10. The number of nitrogens with two attached hydrogens (primary N) is 2. The summed E-state index contributed by atoms with van der Waals surface area (Å²) in [5.41, 5.74) is 17.5. The molecule has 6 heterocycles. The summed E-state index contributed by atoms with van der Waals surface area (Å²) >= 11 is 0. The molecule has 2 aliphatic rings. The number of amides is 4. The Balaban J connectivity index is 1.15. The molecule has 338 valence electrons. The van der Waals surface area contributed by atoms with Crippen LogP contribution < -0.4 is 31.7 Å². The Kier molecular flexibility index (Phi) is 12.7. The molecule has 0 bridgehead atoms. The minimum Gasteiger partial charge on any atom is -0.491 e. The molecule has 1 atom stereocenters. The fourth-order valence-corrected chi connectivity index (χ4v) is 8.80. The van der Waals surface area contributed by atoms with Crippen LogP contribution in [0.15, 0.2) is 36.4 Å². The summed E-state index contributed by atoms with van der Waals surface area (Å²) in [7, 11) is 1.96. The molecule has 4 aromatic heterocycles. The third-order valence-electron chi connectivity index (χ3n) is 11.9. The Hall–Kier alpha value is -6.80. The van der Waals surface area contributed by atoms with E-state index in [9.17, 15) is 19.2 Å². The normalized spacial score (nSPS) is 15.5. The van der Waals surface area contributed by atoms with Crippen molar-refractivity contribution in [2.75, 3.05) is 68.6 Å². The summed E-state index contributed by atoms with van der Waals surface area (Å²) in [4.78, 5) is 67.2. The van der Waals surface area contributed by atoms with Crippen LogP contribution >= 0.6 is 0 Å². The van der Waals surface area contributed by atoms with Crippen LogP contribution in [-0.4, -0.2) is 120 Å². The largest absolute Gasteiger partial charge is 0.491 e. The van der Waals surface area contributed by atoms with Crippen molar-refractivity contribution in [2.24, 2.45) is 11.5 Å². The summed E-state index contributed by atoms with van der Waals surface area (Å²) in [5.74, 6) is -0.932. The van der Waals surface area contributed by atoms with Gasteiger partial charge < -0.3 is 35.0 Å². The average Bonchev–Trinajstić information content (AvgIpc) is 4.03. The monoisotopic (exact) mass is 876 g/mol. The first-order chi connectivity index (χ1) is 30.8. The van der Waals surface area contributed by atoms with Crippen molar-refractivity contribution in [3.8, 4) is 5.75 Å². The quantitative estimate of drug-likeness (QED) is 0.0948. The number of carbonyl (C=O) groups excluding carboxylic acids is 4. The van der Waals surface area contributed by atoms with Gasteiger partial charge in [-0.05, 0) is 89.8 Å². The van der Waals surface area contributed by atoms with Crippen molar-refractivity contribution in [3.63, 3.8) is 0 Å². The molecule has 20 heteroatoms. The number of carbonyl (C=O) groups is 4. The first-order valence-electron chi connectivity index (χ1n) is 21.9. The van der Waals surface area contributed by atoms with Crippen LogP contribution in [-0.2, 0) is 24.4 Å². The Labute approximate surface area is 369 Å². The van der Waals surface area contributed by atoms with Gasteiger partial charge in [-0.15, -0.1) is 0 Å². The maximum Gasteiger partial charge on any atom is 0.276 e. The molecular formula is C44H56N14O6. The number of hydrogen-bond donors (Lipinski definition) is 4. The lowest BCUT2D eigenvalue weighted by atomic mass is 10.1. The van der Waals surface area contributed by atoms with Gasteiger partial charge in [0.15, 0.2) is 0 Å². The topological polar surface area (TPSA) is 241 Å². The van der Waals surface area contributed by atoms with Crippen molar-refractivity contribution in [1.82, 2.24) is 43.6 Å². The number of rotatable bonds is 17. The van der Waals surface area contributed by atoms with E-state index >= 15 is 0 Å². The molecule has 0 saturated carbocycles. The lowest BCUT2D eigenvalue weighted by Crippen LogP contribution is -2.37. The highest BCUT2D eigenvalue weighted by Crippen LogP contribution is 2.40. The summed E-state index contributed by atoms with van der Waals surface area (Å²) < 4.78 is 19.2. The summed E-state index contributed by atoms with van der Waals surface area (Å²) in [6.45, 7) is 13.8. The molecule has 1 fully saturated rings. The maximum atomic E-state index is 13.9. The third-order valence-corrected chi connectivity index (χ3v) is 11.9. The number of hydrogen-bond acceptors (Lipinski definition) is 12. The standard InChI is InChI=1S/C44H56N14O6/c1-6-56-34(20-26(3)51-56)41(61)49-43-47-32-23-29(40(46)60)25-36(64-17-9-12-54-15-18-63-19-16-54)38(32)55(43)13-8-10-30-11-14-53(5)33-24-28(39(45)59)22-31-37(33)58(30)44(48-31)50-42(62)35-21-27(4)52-57(35)7-2/h20-25,30H,6-19H2,1-5H3,(H2,45,59)(H2,46,60)(H,47,49,61)(H,48,50,62)/t30-/m0/s1. The predicted octanol–water partition coefficient (Wildman–Crippen LogP) is 4.10. The molecule has 2 aromatic carbocycles. The van der Waals surface area contributed by atoms with Crippen molar-refractivity contribution in [1.29, 1.82) is 0 Å². The van der Waals surface area contributed by atoms with Gasteiger partial charge in [0.1, 0.15) is 22.7 Å². The minimum absolute atomic E-state index is 0.173. The van der Waals surface area contributed by atoms with Crippen molar-refractivity contribution < 1.29 is 28.7 Å². The van der Waals surface area contributed by atoms with E-state index in [4.69, 9.17) is 30.9 Å². The van der Waals surface area contributed by atoms with Gasteiger partial charge in [0.25, 0.3) is 11.8 Å². The zero-order valence-corrected chi connectivity index (χ0v) is 37.0. The minimum atomic E-state index is -0.632. The van der Waals surface area contributed by atoms with Gasteiger partial charge >= 0.3 is 0 Å². The number of nitrogens with one attached hydrogen (secondary N) is 2. The van der Waals surface area contributed by atoms with Crippen molar-refractivity contribution >= 4 is 63.3 Å². The smallest absolute Gasteiger partial charge is 0.276 e. The van der Waals surface area contributed by atoms with Gasteiger partial charge in [0, 0.05) is 70.0 Å². The van der Waals surface area contributed by atoms with Crippen LogP contribution in [0, 0.1) is 13.8 Å². The molecule has 8 rings (SSSR count). The first kappa shape index (κ1) is 43.8. The molecule has 64 heavy (non-hydrogen) atoms. The Morgan fingerprint density at radius 1 is 0.766 bits per heavy atom. The second-order valence-corrected chi connectivity index (χ2v) is 16.4. The Bertz CT molecular complexity index is 2740. The molecule has 0 spiro atoms. The fraction of sp³-hybridized carbons (Fsp3) is 0.455. The first-order valence-corrected chi connectivity index (χ1v) is 21.9. The number of ether oxygens (including phenoxy) is 2. The molecule has 6 aromatic rings. The zero-order chi connectivity index (χ0) is 45.2. The van der Waals surface area contributed by atoms with Gasteiger partial charge in [0.05, 0.1) is 53.4 Å². The predicted molar refractivity (Wildman–Crippen MR) is 241 cm³/mol. The van der Waals surface area contributed by atoms with E-state index in [1.807, 2.05) is 39.3 Å². The lowest BCUT2D eigenvalue weighted by molar-refractivity contribution is 0.0358. The van der Waals surface area contributed by atoms with E-state index in [1.165, 1.54) is 0 Å². The molecule has 2 aliphatic heterocycles. The van der Waals surface area contributed by atoms with E-state index in [0.29, 0.717) is 122 Å². The van der Waals surface area contributed by atoms with Gasteiger partial charge in [0.2, 0.25) is 23.7 Å². The third kappa shape index (κ3) is 8.87. The molecule has 0 radical (unpaired) electrons. The van der Waals surface area contributed by atoms with Crippen LogP contribution in [0.2, 0.25) is 0 Å². The number of fused-ring (bicyclic) bond motifs is 1. The second-order valence-electron chi connectivity index (χ2n) is 16.4. The highest BCUT2D eigenvalue weighted by atomic mass is 16.5. The number of benzene rings is 2. The van der Waals surface area contributed by atoms with E-state index < -0.39 is 11.8 Å². The molecule has 4 amide bonds. The second kappa shape index (κ2) is 18.5. The zero-order valence-electron chi connectivity index (χ0n) is 37.0. The van der Waals surface area contributed by atoms with E-state index in [0.717, 1.165) is 37.3 Å². The van der Waals surface area contributed by atoms with Gasteiger partial charge in [-0.3, -0.25) is 44.1 Å². The Morgan fingerprint density at radius 3 is 1.98 bits per heavy atom. The lowest BCUT2D eigenvalue weighted by Gasteiger charge is -2.26. The van der Waals surface area contributed by atoms with Crippen LogP contribution in [0.25, 0.3) is 22.1 Å². The van der Waals surface area contributed by atoms with Gasteiger partial charge in [-0.25, -0.2) is 9.97 Å². The highest BCUT2D eigenvalue weighted by Gasteiger charge is 2.30. The van der Waals surface area contributed by atoms with Crippen LogP contribution in [0.4, 0.5) is 17.6 Å². The number of aromatic nitrogens is 8. The number of primary amides is 2. The van der Waals surface area contributed by atoms with Crippen molar-refractivity contribution in [2.45, 2.75) is 79.1 Å². The number of imidazole rings is 2. The number of morpholine rings is 1. The molecule has 1 saturated heterocycles. The van der Waals surface area contributed by atoms with E-state index in [-0.39, 0.29) is 29.4 Å². The molecule has 0 unspecified atom stereocenters. The van der Waals surface area contributed by atoms with Crippen LogP contribution in [0.1, 0.15) is 98.7 Å². The van der Waals surface area contributed by atoms with Crippen LogP contribution in [0.3, 0.4) is 0 Å². The maximum absolute atomic E-state index is 13.9. The average molecular weight is 877 g/mol. The highest BCUT2D eigenvalue weighted by molar-refractivity contribution is 6.06. The Morgan fingerprint density at radius 2 is 1.36 bits per heavy atom. The number of anilines is 3. The molecule has 6 N–H and O–H groups in total. The molecule has 20 nitrogen and oxygen atoms in total. The van der Waals surface area contributed by atoms with Gasteiger partial charge in [-0.2, -0.15) is 10.2 Å². The summed E-state index contributed by atoms with van der Waals surface area (Å²) in [5, 5.41) is 15.0. The van der Waals surface area contributed by atoms with Crippen molar-refractivity contribution in [3.05, 3.63) is 70.3 Å². The van der Waals surface area contributed by atoms with E-state index in [2.05, 4.69) is 35.2 Å². The number of aryl methyl sites for hydroxylation is 5. The van der Waals surface area contributed by atoms with Gasteiger partial charge in [-0.1, -0.05) is 0 Å². The fourth-order valence-electron chi connectivity index (χ4n) is 8.80. The summed E-state index contributed by atoms with van der Waals surface area (Å²) in [6, 6.07) is 9.98. The molecular weight excluding hydrogens is 821 g/mol. The summed E-state index contributed by atoms with van der Waals surface area (Å²) in [6.07, 6.45) is 2.59.